The summed E-state index contributed by atoms with van der Waals surface area (Å²) in [5, 5.41) is 0.469. The number of nitrogens with two attached hydrogens (primary N) is 1. The van der Waals surface area contributed by atoms with Crippen LogP contribution in [0.3, 0.4) is 0 Å². The summed E-state index contributed by atoms with van der Waals surface area (Å²) in [5.41, 5.74) is 6.24. The first kappa shape index (κ1) is 15.4. The van der Waals surface area contributed by atoms with Crippen molar-refractivity contribution in [1.29, 1.82) is 0 Å². The standard InChI is InChI=1S/C11H19N3O2S2/c1-9(17-2)5-6-14-18(15,16)11-4-3-10(7-12)8-13-11/h3-4,8-9,14H,5-7,12H2,1-2H3. The fraction of sp³-hybridized carbons (Fsp3) is 0.545. The molecule has 0 saturated carbocycles. The van der Waals surface area contributed by atoms with Gasteiger partial charge in [0, 0.05) is 24.5 Å². The van der Waals surface area contributed by atoms with Gasteiger partial charge in [0.25, 0.3) is 10.0 Å². The fourth-order valence-corrected chi connectivity index (χ4v) is 2.61. The molecule has 0 radical (unpaired) electrons. The summed E-state index contributed by atoms with van der Waals surface area (Å²) in [6.07, 6.45) is 4.28. The zero-order valence-corrected chi connectivity index (χ0v) is 12.2. The molecule has 1 aromatic rings. The molecule has 0 aliphatic carbocycles. The third kappa shape index (κ3) is 4.56. The van der Waals surface area contributed by atoms with E-state index in [1.165, 1.54) is 12.3 Å². The average molecular weight is 289 g/mol. The SMILES string of the molecule is CSC(C)CCNS(=O)(=O)c1ccc(CN)cn1. The van der Waals surface area contributed by atoms with Gasteiger partial charge < -0.3 is 5.73 Å². The summed E-state index contributed by atoms with van der Waals surface area (Å²) in [7, 11) is -3.50. The minimum Gasteiger partial charge on any atom is -0.326 e. The molecule has 7 heteroatoms. The minimum atomic E-state index is -3.50. The van der Waals surface area contributed by atoms with E-state index in [2.05, 4.69) is 16.6 Å². The molecule has 1 atom stereocenters. The van der Waals surface area contributed by atoms with Crippen LogP contribution < -0.4 is 10.5 Å². The van der Waals surface area contributed by atoms with Crippen molar-refractivity contribution in [3.63, 3.8) is 0 Å². The lowest BCUT2D eigenvalue weighted by molar-refractivity contribution is 0.575. The molecule has 102 valence electrons. The highest BCUT2D eigenvalue weighted by Gasteiger charge is 2.15. The number of sulfonamides is 1. The van der Waals surface area contributed by atoms with Gasteiger partial charge in [-0.2, -0.15) is 11.8 Å². The highest BCUT2D eigenvalue weighted by molar-refractivity contribution is 7.99. The highest BCUT2D eigenvalue weighted by atomic mass is 32.2. The van der Waals surface area contributed by atoms with Crippen molar-refractivity contribution in [2.24, 2.45) is 5.73 Å². The molecule has 0 fully saturated rings. The smallest absolute Gasteiger partial charge is 0.258 e. The van der Waals surface area contributed by atoms with Crippen molar-refractivity contribution in [3.05, 3.63) is 23.9 Å². The molecule has 0 aromatic carbocycles. The summed E-state index contributed by atoms with van der Waals surface area (Å²) in [6.45, 7) is 2.84. The average Bonchev–Trinajstić information content (AvgIpc) is 2.38. The maximum Gasteiger partial charge on any atom is 0.258 e. The van der Waals surface area contributed by atoms with Crippen molar-refractivity contribution in [2.75, 3.05) is 12.8 Å². The van der Waals surface area contributed by atoms with Crippen molar-refractivity contribution in [2.45, 2.75) is 30.2 Å². The Kier molecular flexibility index (Phi) is 6.07. The van der Waals surface area contributed by atoms with E-state index in [1.807, 2.05) is 6.26 Å². The van der Waals surface area contributed by atoms with Crippen LogP contribution in [0.2, 0.25) is 0 Å². The molecule has 1 heterocycles. The molecule has 1 aromatic heterocycles. The molecule has 0 saturated heterocycles. The second-order valence-corrected chi connectivity index (χ2v) is 6.93. The highest BCUT2D eigenvalue weighted by Crippen LogP contribution is 2.10. The maximum atomic E-state index is 11.9. The summed E-state index contributed by atoms with van der Waals surface area (Å²) in [4.78, 5) is 3.90. The number of pyridine rings is 1. The van der Waals surface area contributed by atoms with E-state index in [0.717, 1.165) is 12.0 Å². The van der Waals surface area contributed by atoms with Crippen LogP contribution in [0.5, 0.6) is 0 Å². The Hall–Kier alpha value is -0.630. The quantitative estimate of drug-likeness (QED) is 0.781. The molecular weight excluding hydrogens is 270 g/mol. The minimum absolute atomic E-state index is 0.0384. The topological polar surface area (TPSA) is 85.1 Å². The molecule has 0 aliphatic heterocycles. The van der Waals surface area contributed by atoms with Gasteiger partial charge in [-0.05, 0) is 24.3 Å². The number of hydrogen-bond acceptors (Lipinski definition) is 5. The first-order valence-electron chi connectivity index (χ1n) is 5.67. The van der Waals surface area contributed by atoms with E-state index >= 15 is 0 Å². The Morgan fingerprint density at radius 1 is 1.50 bits per heavy atom. The van der Waals surface area contributed by atoms with Gasteiger partial charge >= 0.3 is 0 Å². The van der Waals surface area contributed by atoms with Crippen molar-refractivity contribution >= 4 is 21.8 Å². The van der Waals surface area contributed by atoms with E-state index in [0.29, 0.717) is 18.3 Å². The number of rotatable bonds is 7. The molecule has 3 N–H and O–H groups in total. The third-order valence-electron chi connectivity index (χ3n) is 2.55. The summed E-state index contributed by atoms with van der Waals surface area (Å²) in [6, 6.07) is 3.15. The number of nitrogens with one attached hydrogen (secondary N) is 1. The fourth-order valence-electron chi connectivity index (χ4n) is 1.28. The van der Waals surface area contributed by atoms with Gasteiger partial charge in [0.15, 0.2) is 5.03 Å². The van der Waals surface area contributed by atoms with Crippen LogP contribution in [0, 0.1) is 0 Å². The van der Waals surface area contributed by atoms with E-state index in [9.17, 15) is 8.42 Å². The number of thioether (sulfide) groups is 1. The lowest BCUT2D eigenvalue weighted by Crippen LogP contribution is -2.27. The first-order chi connectivity index (χ1) is 8.49. The first-order valence-corrected chi connectivity index (χ1v) is 8.44. The van der Waals surface area contributed by atoms with Gasteiger partial charge in [-0.25, -0.2) is 18.1 Å². The van der Waals surface area contributed by atoms with Gasteiger partial charge in [0.2, 0.25) is 0 Å². The van der Waals surface area contributed by atoms with Gasteiger partial charge in [0.05, 0.1) is 0 Å². The van der Waals surface area contributed by atoms with Gasteiger partial charge in [0.1, 0.15) is 0 Å². The van der Waals surface area contributed by atoms with E-state index in [1.54, 1.807) is 17.8 Å². The third-order valence-corrected chi connectivity index (χ3v) is 4.97. The Morgan fingerprint density at radius 3 is 2.72 bits per heavy atom. The zero-order valence-electron chi connectivity index (χ0n) is 10.6. The van der Waals surface area contributed by atoms with Gasteiger partial charge in [-0.1, -0.05) is 13.0 Å². The van der Waals surface area contributed by atoms with Crippen LogP contribution in [-0.4, -0.2) is 31.5 Å². The predicted molar refractivity (Wildman–Crippen MR) is 74.9 cm³/mol. The summed E-state index contributed by atoms with van der Waals surface area (Å²) in [5.74, 6) is 0. The zero-order chi connectivity index (χ0) is 13.6. The maximum absolute atomic E-state index is 11.9. The largest absolute Gasteiger partial charge is 0.326 e. The van der Waals surface area contributed by atoms with Crippen LogP contribution in [0.25, 0.3) is 0 Å². The summed E-state index contributed by atoms with van der Waals surface area (Å²) < 4.78 is 26.3. The molecule has 0 spiro atoms. The van der Waals surface area contributed by atoms with E-state index in [-0.39, 0.29) is 5.03 Å². The lowest BCUT2D eigenvalue weighted by atomic mass is 10.3. The van der Waals surface area contributed by atoms with Crippen molar-refractivity contribution in [1.82, 2.24) is 9.71 Å². The number of hydrogen-bond donors (Lipinski definition) is 2. The second-order valence-electron chi connectivity index (χ2n) is 3.94. The molecule has 0 bridgehead atoms. The van der Waals surface area contributed by atoms with Crippen LogP contribution in [0.1, 0.15) is 18.9 Å². The van der Waals surface area contributed by atoms with Gasteiger partial charge in [-0.3, -0.25) is 0 Å². The molecule has 5 nitrogen and oxygen atoms in total. The predicted octanol–water partition coefficient (Wildman–Crippen LogP) is 0.960. The van der Waals surface area contributed by atoms with Crippen LogP contribution in [0.15, 0.2) is 23.4 Å². The normalized spacial score (nSPS) is 13.5. The second kappa shape index (κ2) is 7.08. The van der Waals surface area contributed by atoms with Crippen LogP contribution >= 0.6 is 11.8 Å². The molecule has 0 amide bonds. The Bertz CT molecular complexity index is 460. The van der Waals surface area contributed by atoms with E-state index < -0.39 is 10.0 Å². The van der Waals surface area contributed by atoms with Crippen LogP contribution in [-0.2, 0) is 16.6 Å². The Balaban J connectivity index is 2.62. The number of nitrogens with zero attached hydrogens (tertiary/aromatic N) is 1. The van der Waals surface area contributed by atoms with Gasteiger partial charge in [-0.15, -0.1) is 0 Å². The van der Waals surface area contributed by atoms with Crippen LogP contribution in [0.4, 0.5) is 0 Å². The number of aromatic nitrogens is 1. The summed E-state index contributed by atoms with van der Waals surface area (Å²) >= 11 is 1.71. The molecule has 18 heavy (non-hydrogen) atoms. The van der Waals surface area contributed by atoms with Crippen molar-refractivity contribution in [3.8, 4) is 0 Å². The Morgan fingerprint density at radius 2 is 2.22 bits per heavy atom. The monoisotopic (exact) mass is 289 g/mol. The molecular formula is C11H19N3O2S2. The molecule has 1 rings (SSSR count). The molecule has 1 unspecified atom stereocenters. The Labute approximate surface area is 113 Å². The molecule has 0 aliphatic rings. The lowest BCUT2D eigenvalue weighted by Gasteiger charge is -2.09. The van der Waals surface area contributed by atoms with Crippen molar-refractivity contribution < 1.29 is 8.42 Å². The van der Waals surface area contributed by atoms with E-state index in [4.69, 9.17) is 5.73 Å².